The van der Waals surface area contributed by atoms with Crippen LogP contribution in [-0.2, 0) is 25.9 Å². The van der Waals surface area contributed by atoms with Gasteiger partial charge in [0.1, 0.15) is 6.54 Å². The standard InChI is InChI=1S/C18H17N3O5S/c1-26-17(23)12-7-9-13(10-8-12)19-16(22)11-21-15-6-4-3-5-14(15)20-18(21)27(2,24)25/h3-10H,11H2,1-2H3,(H,19,22). The Balaban J connectivity index is 1.85. The number of nitrogens with one attached hydrogen (secondary N) is 1. The number of rotatable bonds is 5. The van der Waals surface area contributed by atoms with Gasteiger partial charge in [0.05, 0.1) is 23.7 Å². The fourth-order valence-corrected chi connectivity index (χ4v) is 3.47. The molecule has 0 atom stereocenters. The molecule has 1 heterocycles. The maximum atomic E-state index is 12.4. The largest absolute Gasteiger partial charge is 0.465 e. The Morgan fingerprint density at radius 2 is 1.78 bits per heavy atom. The second kappa shape index (κ2) is 7.20. The Labute approximate surface area is 155 Å². The highest BCUT2D eigenvalue weighted by Crippen LogP contribution is 2.20. The third-order valence-corrected chi connectivity index (χ3v) is 4.82. The van der Waals surface area contributed by atoms with Gasteiger partial charge in [-0.2, -0.15) is 0 Å². The number of fused-ring (bicyclic) bond motifs is 1. The molecule has 3 rings (SSSR count). The predicted molar refractivity (Wildman–Crippen MR) is 99.3 cm³/mol. The number of imidazole rings is 1. The van der Waals surface area contributed by atoms with Crippen molar-refractivity contribution in [1.29, 1.82) is 0 Å². The number of esters is 1. The van der Waals surface area contributed by atoms with Crippen molar-refractivity contribution in [3.8, 4) is 0 Å². The van der Waals surface area contributed by atoms with Crippen LogP contribution in [0.3, 0.4) is 0 Å². The lowest BCUT2D eigenvalue weighted by atomic mass is 10.2. The van der Waals surface area contributed by atoms with Crippen molar-refractivity contribution in [1.82, 2.24) is 9.55 Å². The lowest BCUT2D eigenvalue weighted by Gasteiger charge is -2.09. The molecule has 1 aromatic heterocycles. The van der Waals surface area contributed by atoms with E-state index in [-0.39, 0.29) is 11.7 Å². The van der Waals surface area contributed by atoms with Gasteiger partial charge in [0.2, 0.25) is 20.9 Å². The molecular formula is C18H17N3O5S. The first-order valence-corrected chi connectivity index (χ1v) is 9.82. The number of carbonyl (C=O) groups is 2. The van der Waals surface area contributed by atoms with Gasteiger partial charge in [-0.1, -0.05) is 12.1 Å². The second-order valence-corrected chi connectivity index (χ2v) is 7.77. The van der Waals surface area contributed by atoms with Gasteiger partial charge in [-0.25, -0.2) is 18.2 Å². The summed E-state index contributed by atoms with van der Waals surface area (Å²) >= 11 is 0. The number of carbonyl (C=O) groups excluding carboxylic acids is 2. The molecule has 0 aliphatic rings. The van der Waals surface area contributed by atoms with Crippen LogP contribution in [0, 0.1) is 0 Å². The zero-order chi connectivity index (χ0) is 19.6. The number of benzene rings is 2. The van der Waals surface area contributed by atoms with E-state index in [2.05, 4.69) is 15.0 Å². The smallest absolute Gasteiger partial charge is 0.337 e. The molecule has 0 spiro atoms. The summed E-state index contributed by atoms with van der Waals surface area (Å²) in [6, 6.07) is 13.1. The first-order chi connectivity index (χ1) is 12.8. The average Bonchev–Trinajstić information content (AvgIpc) is 3.00. The summed E-state index contributed by atoms with van der Waals surface area (Å²) in [6.07, 6.45) is 1.05. The molecule has 0 saturated heterocycles. The van der Waals surface area contributed by atoms with Crippen molar-refractivity contribution in [3.05, 3.63) is 54.1 Å². The van der Waals surface area contributed by atoms with E-state index in [0.29, 0.717) is 22.3 Å². The number of amides is 1. The van der Waals surface area contributed by atoms with Gasteiger partial charge in [0, 0.05) is 11.9 Å². The number of ether oxygens (including phenoxy) is 1. The monoisotopic (exact) mass is 387 g/mol. The summed E-state index contributed by atoms with van der Waals surface area (Å²) in [4.78, 5) is 28.0. The Kier molecular flexibility index (Phi) is 4.95. The molecule has 0 fully saturated rings. The van der Waals surface area contributed by atoms with E-state index >= 15 is 0 Å². The first kappa shape index (κ1) is 18.6. The van der Waals surface area contributed by atoms with Crippen LogP contribution in [0.4, 0.5) is 5.69 Å². The van der Waals surface area contributed by atoms with E-state index in [1.54, 1.807) is 36.4 Å². The van der Waals surface area contributed by atoms with Crippen molar-refractivity contribution < 1.29 is 22.7 Å². The van der Waals surface area contributed by atoms with Crippen LogP contribution >= 0.6 is 0 Å². The summed E-state index contributed by atoms with van der Waals surface area (Å²) < 4.78 is 30.1. The highest BCUT2D eigenvalue weighted by Gasteiger charge is 2.21. The Bertz CT molecular complexity index is 1120. The maximum Gasteiger partial charge on any atom is 0.337 e. The van der Waals surface area contributed by atoms with E-state index in [0.717, 1.165) is 6.26 Å². The molecular weight excluding hydrogens is 370 g/mol. The minimum atomic E-state index is -3.61. The summed E-state index contributed by atoms with van der Waals surface area (Å²) in [5.41, 5.74) is 1.87. The van der Waals surface area contributed by atoms with Gasteiger partial charge in [-0.05, 0) is 36.4 Å². The summed E-state index contributed by atoms with van der Waals surface area (Å²) in [5.74, 6) is -0.899. The highest BCUT2D eigenvalue weighted by atomic mass is 32.2. The van der Waals surface area contributed by atoms with Crippen LogP contribution in [0.1, 0.15) is 10.4 Å². The zero-order valence-corrected chi connectivity index (χ0v) is 15.5. The quantitative estimate of drug-likeness (QED) is 0.670. The van der Waals surface area contributed by atoms with Crippen molar-refractivity contribution in [2.75, 3.05) is 18.7 Å². The fourth-order valence-electron chi connectivity index (χ4n) is 2.64. The summed E-state index contributed by atoms with van der Waals surface area (Å²) in [5, 5.41) is 2.51. The topological polar surface area (TPSA) is 107 Å². The van der Waals surface area contributed by atoms with Crippen LogP contribution in [0.5, 0.6) is 0 Å². The van der Waals surface area contributed by atoms with Gasteiger partial charge < -0.3 is 14.6 Å². The van der Waals surface area contributed by atoms with Gasteiger partial charge in [-0.15, -0.1) is 0 Å². The average molecular weight is 387 g/mol. The van der Waals surface area contributed by atoms with Crippen molar-refractivity contribution in [2.24, 2.45) is 0 Å². The zero-order valence-electron chi connectivity index (χ0n) is 14.7. The second-order valence-electron chi connectivity index (χ2n) is 5.86. The molecule has 140 valence electrons. The highest BCUT2D eigenvalue weighted by molar-refractivity contribution is 7.90. The normalized spacial score (nSPS) is 11.3. The molecule has 27 heavy (non-hydrogen) atoms. The van der Waals surface area contributed by atoms with E-state index < -0.39 is 21.7 Å². The molecule has 1 N–H and O–H groups in total. The molecule has 1 amide bonds. The molecule has 8 nitrogen and oxygen atoms in total. The molecule has 0 aliphatic carbocycles. The minimum Gasteiger partial charge on any atom is -0.465 e. The molecule has 0 saturated carbocycles. The molecule has 0 unspecified atom stereocenters. The van der Waals surface area contributed by atoms with Crippen LogP contribution in [0.25, 0.3) is 11.0 Å². The van der Waals surface area contributed by atoms with E-state index in [1.165, 1.54) is 23.8 Å². The molecule has 9 heteroatoms. The first-order valence-electron chi connectivity index (χ1n) is 7.93. The number of para-hydroxylation sites is 2. The van der Waals surface area contributed by atoms with Gasteiger partial charge in [-0.3, -0.25) is 4.79 Å². The summed E-state index contributed by atoms with van der Waals surface area (Å²) in [6.45, 7) is -0.221. The Morgan fingerprint density at radius 3 is 2.41 bits per heavy atom. The molecule has 0 aliphatic heterocycles. The number of hydrogen-bond acceptors (Lipinski definition) is 6. The van der Waals surface area contributed by atoms with E-state index in [4.69, 9.17) is 0 Å². The number of nitrogens with zero attached hydrogens (tertiary/aromatic N) is 2. The number of sulfone groups is 1. The molecule has 3 aromatic rings. The number of hydrogen-bond donors (Lipinski definition) is 1. The lowest BCUT2D eigenvalue weighted by Crippen LogP contribution is -2.21. The molecule has 0 radical (unpaired) electrons. The Hall–Kier alpha value is -3.20. The van der Waals surface area contributed by atoms with Gasteiger partial charge in [0.15, 0.2) is 0 Å². The minimum absolute atomic E-state index is 0.167. The van der Waals surface area contributed by atoms with Crippen molar-refractivity contribution in [2.45, 2.75) is 11.7 Å². The number of anilines is 1. The van der Waals surface area contributed by atoms with Crippen molar-refractivity contribution >= 4 is 38.4 Å². The SMILES string of the molecule is COC(=O)c1ccc(NC(=O)Cn2c(S(C)(=O)=O)nc3ccccc32)cc1. The third kappa shape index (κ3) is 3.98. The lowest BCUT2D eigenvalue weighted by molar-refractivity contribution is -0.116. The summed E-state index contributed by atoms with van der Waals surface area (Å²) in [7, 11) is -2.33. The van der Waals surface area contributed by atoms with Crippen LogP contribution in [-0.4, -0.2) is 43.2 Å². The van der Waals surface area contributed by atoms with Crippen molar-refractivity contribution in [3.63, 3.8) is 0 Å². The Morgan fingerprint density at radius 1 is 1.11 bits per heavy atom. The number of methoxy groups -OCH3 is 1. The van der Waals surface area contributed by atoms with E-state index in [1.807, 2.05) is 0 Å². The van der Waals surface area contributed by atoms with Crippen LogP contribution in [0.15, 0.2) is 53.7 Å². The van der Waals surface area contributed by atoms with E-state index in [9.17, 15) is 18.0 Å². The van der Waals surface area contributed by atoms with Crippen LogP contribution < -0.4 is 5.32 Å². The maximum absolute atomic E-state index is 12.4. The van der Waals surface area contributed by atoms with Gasteiger partial charge in [0.25, 0.3) is 0 Å². The number of aromatic nitrogens is 2. The predicted octanol–water partition coefficient (Wildman–Crippen LogP) is 1.87. The van der Waals surface area contributed by atoms with Crippen LogP contribution in [0.2, 0.25) is 0 Å². The molecule has 2 aromatic carbocycles. The van der Waals surface area contributed by atoms with Gasteiger partial charge >= 0.3 is 5.97 Å². The molecule has 0 bridgehead atoms. The fraction of sp³-hybridized carbons (Fsp3) is 0.167. The third-order valence-electron chi connectivity index (χ3n) is 3.84.